The summed E-state index contributed by atoms with van der Waals surface area (Å²) in [5.41, 5.74) is 1.27. The van der Waals surface area contributed by atoms with E-state index in [9.17, 15) is 0 Å². The molecule has 0 bridgehead atoms. The van der Waals surface area contributed by atoms with E-state index in [-0.39, 0.29) is 0 Å². The lowest BCUT2D eigenvalue weighted by atomic mass is 10.1. The molecule has 1 heterocycles. The number of nitrogens with zero attached hydrogens (tertiary/aromatic N) is 2. The van der Waals surface area contributed by atoms with Crippen molar-refractivity contribution in [3.63, 3.8) is 0 Å². The lowest BCUT2D eigenvalue weighted by Gasteiger charge is -2.04. The van der Waals surface area contributed by atoms with Gasteiger partial charge in [-0.25, -0.2) is 0 Å². The summed E-state index contributed by atoms with van der Waals surface area (Å²) in [6.45, 7) is 2.93. The molecule has 2 aromatic rings. The van der Waals surface area contributed by atoms with Gasteiger partial charge in [0.05, 0.1) is 7.11 Å². The average Bonchev–Trinajstić information content (AvgIpc) is 2.77. The number of hydrogen-bond acceptors (Lipinski definition) is 3. The molecular weight excluding hydrogens is 246 g/mol. The molecule has 18 heavy (non-hydrogen) atoms. The summed E-state index contributed by atoms with van der Waals surface area (Å²) in [6.07, 6.45) is 1.83. The van der Waals surface area contributed by atoms with Crippen LogP contribution in [-0.2, 0) is 19.4 Å². The van der Waals surface area contributed by atoms with E-state index >= 15 is 0 Å². The summed E-state index contributed by atoms with van der Waals surface area (Å²) in [4.78, 5) is 0. The van der Waals surface area contributed by atoms with Crippen LogP contribution in [-0.4, -0.2) is 21.9 Å². The molecule has 0 saturated heterocycles. The van der Waals surface area contributed by atoms with Crippen LogP contribution in [0.3, 0.4) is 0 Å². The second-order valence-corrected chi connectivity index (χ2v) is 4.42. The minimum atomic E-state index is 0.697. The zero-order valence-electron chi connectivity index (χ0n) is 10.6. The fraction of sp³-hybridized carbons (Fsp3) is 0.385. The Labute approximate surface area is 112 Å². The van der Waals surface area contributed by atoms with E-state index in [0.29, 0.717) is 4.77 Å². The molecule has 0 atom stereocenters. The maximum atomic E-state index is 5.16. The predicted molar refractivity (Wildman–Crippen MR) is 73.5 cm³/mol. The van der Waals surface area contributed by atoms with E-state index in [0.717, 1.165) is 31.0 Å². The number of methoxy groups -OCH3 is 1. The highest BCUT2D eigenvalue weighted by Crippen LogP contribution is 2.13. The molecule has 0 radical (unpaired) electrons. The molecule has 0 fully saturated rings. The molecule has 1 N–H and O–H groups in total. The van der Waals surface area contributed by atoms with Gasteiger partial charge in [0.2, 0.25) is 0 Å². The third-order valence-electron chi connectivity index (χ3n) is 2.95. The van der Waals surface area contributed by atoms with Crippen molar-refractivity contribution in [2.75, 3.05) is 7.11 Å². The molecule has 0 saturated carbocycles. The van der Waals surface area contributed by atoms with Crippen molar-refractivity contribution < 1.29 is 4.74 Å². The lowest BCUT2D eigenvalue weighted by molar-refractivity contribution is 0.414. The summed E-state index contributed by atoms with van der Waals surface area (Å²) in [7, 11) is 1.67. The first-order valence-corrected chi connectivity index (χ1v) is 6.42. The number of aromatic nitrogens is 3. The molecule has 5 heteroatoms. The largest absolute Gasteiger partial charge is 0.497 e. The Bertz CT molecular complexity index is 556. The summed E-state index contributed by atoms with van der Waals surface area (Å²) in [5.74, 6) is 1.90. The predicted octanol–water partition coefficient (Wildman–Crippen LogP) is 2.75. The van der Waals surface area contributed by atoms with Gasteiger partial charge < -0.3 is 9.30 Å². The number of aromatic amines is 1. The monoisotopic (exact) mass is 263 g/mol. The van der Waals surface area contributed by atoms with Crippen molar-refractivity contribution in [1.82, 2.24) is 14.8 Å². The second kappa shape index (κ2) is 5.82. The number of nitrogens with one attached hydrogen (secondary N) is 1. The molecule has 0 aliphatic carbocycles. The van der Waals surface area contributed by atoms with Gasteiger partial charge in [0, 0.05) is 13.0 Å². The summed E-state index contributed by atoms with van der Waals surface area (Å²) in [6, 6.07) is 8.12. The number of H-pyrrole nitrogens is 1. The first-order chi connectivity index (χ1) is 8.74. The Balaban J connectivity index is 2.04. The smallest absolute Gasteiger partial charge is 0.195 e. The topological polar surface area (TPSA) is 42.8 Å². The second-order valence-electron chi connectivity index (χ2n) is 4.04. The van der Waals surface area contributed by atoms with Gasteiger partial charge in [-0.1, -0.05) is 12.1 Å². The van der Waals surface area contributed by atoms with Gasteiger partial charge >= 0.3 is 0 Å². The van der Waals surface area contributed by atoms with Gasteiger partial charge in [-0.15, -0.1) is 0 Å². The van der Waals surface area contributed by atoms with Crippen LogP contribution in [0.25, 0.3) is 0 Å². The van der Waals surface area contributed by atoms with Crippen molar-refractivity contribution in [2.45, 2.75) is 26.3 Å². The molecule has 0 amide bonds. The Kier molecular flexibility index (Phi) is 4.15. The van der Waals surface area contributed by atoms with Gasteiger partial charge in [-0.05, 0) is 43.3 Å². The summed E-state index contributed by atoms with van der Waals surface area (Å²) < 4.78 is 7.86. The van der Waals surface area contributed by atoms with Gasteiger partial charge in [0.25, 0.3) is 0 Å². The van der Waals surface area contributed by atoms with E-state index in [2.05, 4.69) is 29.3 Å². The van der Waals surface area contributed by atoms with Crippen LogP contribution in [0.5, 0.6) is 5.75 Å². The minimum absolute atomic E-state index is 0.697. The quantitative estimate of drug-likeness (QED) is 0.843. The Hall–Kier alpha value is -1.62. The third-order valence-corrected chi connectivity index (χ3v) is 3.26. The van der Waals surface area contributed by atoms with Crippen molar-refractivity contribution in [2.24, 2.45) is 0 Å². The zero-order valence-corrected chi connectivity index (χ0v) is 11.5. The molecule has 2 rings (SSSR count). The Morgan fingerprint density at radius 3 is 2.61 bits per heavy atom. The maximum Gasteiger partial charge on any atom is 0.195 e. The van der Waals surface area contributed by atoms with Crippen LogP contribution in [0, 0.1) is 4.77 Å². The third kappa shape index (κ3) is 2.79. The normalized spacial score (nSPS) is 10.6. The molecule has 0 spiro atoms. The van der Waals surface area contributed by atoms with E-state index in [4.69, 9.17) is 17.0 Å². The standard InChI is InChI=1S/C13H17N3OS/c1-3-16-12(14-15-13(16)18)9-6-10-4-7-11(17-2)8-5-10/h4-5,7-8H,3,6,9H2,1-2H3,(H,15,18). The van der Waals surface area contributed by atoms with Crippen LogP contribution in [0.15, 0.2) is 24.3 Å². The zero-order chi connectivity index (χ0) is 13.0. The highest BCUT2D eigenvalue weighted by molar-refractivity contribution is 7.71. The number of rotatable bonds is 5. The molecule has 96 valence electrons. The highest BCUT2D eigenvalue weighted by Gasteiger charge is 2.04. The molecule has 0 aliphatic heterocycles. The number of ether oxygens (including phenoxy) is 1. The van der Waals surface area contributed by atoms with Crippen LogP contribution in [0.4, 0.5) is 0 Å². The fourth-order valence-corrected chi connectivity index (χ4v) is 2.20. The van der Waals surface area contributed by atoms with Crippen molar-refractivity contribution in [3.05, 3.63) is 40.4 Å². The first-order valence-electron chi connectivity index (χ1n) is 6.01. The highest BCUT2D eigenvalue weighted by atomic mass is 32.1. The number of aryl methyl sites for hydroxylation is 2. The van der Waals surface area contributed by atoms with Gasteiger partial charge in [-0.2, -0.15) is 5.10 Å². The van der Waals surface area contributed by atoms with Crippen molar-refractivity contribution in [1.29, 1.82) is 0 Å². The van der Waals surface area contributed by atoms with Crippen LogP contribution >= 0.6 is 12.2 Å². The van der Waals surface area contributed by atoms with E-state index in [1.54, 1.807) is 7.11 Å². The molecule has 0 aliphatic rings. The van der Waals surface area contributed by atoms with Crippen LogP contribution in [0.1, 0.15) is 18.3 Å². The lowest BCUT2D eigenvalue weighted by Crippen LogP contribution is -2.03. The molecule has 0 unspecified atom stereocenters. The summed E-state index contributed by atoms with van der Waals surface area (Å²) in [5, 5.41) is 7.09. The average molecular weight is 263 g/mol. The first kappa shape index (κ1) is 12.8. The number of hydrogen-bond donors (Lipinski definition) is 1. The minimum Gasteiger partial charge on any atom is -0.497 e. The Morgan fingerprint density at radius 1 is 1.28 bits per heavy atom. The SMILES string of the molecule is CCn1c(CCc2ccc(OC)cc2)n[nH]c1=S. The molecule has 1 aromatic heterocycles. The van der Waals surface area contributed by atoms with E-state index < -0.39 is 0 Å². The summed E-state index contributed by atoms with van der Waals surface area (Å²) >= 11 is 5.16. The molecular formula is C13H17N3OS. The Morgan fingerprint density at radius 2 is 2.00 bits per heavy atom. The van der Waals surface area contributed by atoms with E-state index in [1.165, 1.54) is 5.56 Å². The van der Waals surface area contributed by atoms with Crippen molar-refractivity contribution >= 4 is 12.2 Å². The number of benzene rings is 1. The van der Waals surface area contributed by atoms with Gasteiger partial charge in [0.15, 0.2) is 4.77 Å². The molecule has 1 aromatic carbocycles. The maximum absolute atomic E-state index is 5.16. The van der Waals surface area contributed by atoms with Crippen LogP contribution < -0.4 is 4.74 Å². The van der Waals surface area contributed by atoms with Crippen molar-refractivity contribution in [3.8, 4) is 5.75 Å². The van der Waals surface area contributed by atoms with Gasteiger partial charge in [-0.3, -0.25) is 5.10 Å². The molecule has 4 nitrogen and oxygen atoms in total. The fourth-order valence-electron chi connectivity index (χ4n) is 1.92. The van der Waals surface area contributed by atoms with Crippen LogP contribution in [0.2, 0.25) is 0 Å². The van der Waals surface area contributed by atoms with Gasteiger partial charge in [0.1, 0.15) is 11.6 Å². The van der Waals surface area contributed by atoms with E-state index in [1.807, 2.05) is 16.7 Å².